The van der Waals surface area contributed by atoms with Crippen molar-refractivity contribution >= 4 is 5.91 Å². The van der Waals surface area contributed by atoms with Crippen LogP contribution >= 0.6 is 0 Å². The summed E-state index contributed by atoms with van der Waals surface area (Å²) >= 11 is 0. The van der Waals surface area contributed by atoms with Crippen molar-refractivity contribution in [2.45, 2.75) is 19.8 Å². The number of nitrogens with zero attached hydrogens (tertiary/aromatic N) is 5. The zero-order chi connectivity index (χ0) is 18.5. The van der Waals surface area contributed by atoms with Crippen molar-refractivity contribution in [1.29, 1.82) is 0 Å². The Labute approximate surface area is 151 Å². The second kappa shape index (κ2) is 7.86. The first-order valence-electron chi connectivity index (χ1n) is 8.49. The van der Waals surface area contributed by atoms with Crippen LogP contribution in [0.2, 0.25) is 0 Å². The molecule has 0 atom stereocenters. The van der Waals surface area contributed by atoms with E-state index in [0.717, 1.165) is 18.4 Å². The maximum absolute atomic E-state index is 13.3. The van der Waals surface area contributed by atoms with Crippen LogP contribution in [-0.4, -0.2) is 44.4 Å². The Hall–Kier alpha value is -3.09. The molecule has 1 amide bonds. The van der Waals surface area contributed by atoms with Crippen LogP contribution < -0.4 is 0 Å². The van der Waals surface area contributed by atoms with Crippen molar-refractivity contribution in [2.75, 3.05) is 13.6 Å². The summed E-state index contributed by atoms with van der Waals surface area (Å²) in [5.41, 5.74) is 2.22. The second-order valence-corrected chi connectivity index (χ2v) is 5.99. The number of aromatic nitrogens is 4. The van der Waals surface area contributed by atoms with Gasteiger partial charge in [0.15, 0.2) is 5.69 Å². The standard InChI is InChI=1S/C19H20FN5O/c1-3-4-13-24(2)19(26)17-18(14-9-11-21-12-10-14)25(23-22-17)16-7-5-15(20)6-8-16/h5-12H,3-4,13H2,1-2H3. The topological polar surface area (TPSA) is 63.9 Å². The number of rotatable bonds is 6. The Morgan fingerprint density at radius 3 is 2.50 bits per heavy atom. The number of hydrogen-bond donors (Lipinski definition) is 0. The third-order valence-corrected chi connectivity index (χ3v) is 4.09. The normalized spacial score (nSPS) is 10.7. The van der Waals surface area contributed by atoms with Gasteiger partial charge in [0.2, 0.25) is 0 Å². The minimum absolute atomic E-state index is 0.196. The van der Waals surface area contributed by atoms with Gasteiger partial charge in [-0.05, 0) is 42.8 Å². The molecule has 0 spiro atoms. The van der Waals surface area contributed by atoms with E-state index < -0.39 is 0 Å². The van der Waals surface area contributed by atoms with Gasteiger partial charge in [-0.1, -0.05) is 18.6 Å². The lowest BCUT2D eigenvalue weighted by Gasteiger charge is -2.16. The fourth-order valence-electron chi connectivity index (χ4n) is 2.64. The molecule has 0 unspecified atom stereocenters. The third kappa shape index (κ3) is 3.61. The fourth-order valence-corrected chi connectivity index (χ4v) is 2.64. The fraction of sp³-hybridized carbons (Fsp3) is 0.263. The molecular weight excluding hydrogens is 333 g/mol. The zero-order valence-corrected chi connectivity index (χ0v) is 14.8. The number of carbonyl (C=O) groups excluding carboxylic acids is 1. The van der Waals surface area contributed by atoms with Crippen LogP contribution in [0.25, 0.3) is 16.9 Å². The molecule has 0 fully saturated rings. The van der Waals surface area contributed by atoms with Gasteiger partial charge in [0.25, 0.3) is 5.91 Å². The molecule has 0 aliphatic carbocycles. The molecule has 0 radical (unpaired) electrons. The van der Waals surface area contributed by atoms with E-state index in [4.69, 9.17) is 0 Å². The Balaban J connectivity index is 2.08. The minimum atomic E-state index is -0.338. The van der Waals surface area contributed by atoms with E-state index in [2.05, 4.69) is 22.2 Å². The van der Waals surface area contributed by atoms with Crippen LogP contribution in [0, 0.1) is 5.82 Å². The molecule has 0 N–H and O–H groups in total. The molecule has 1 aromatic carbocycles. The first kappa shape index (κ1) is 17.7. The molecule has 2 heterocycles. The van der Waals surface area contributed by atoms with Gasteiger partial charge < -0.3 is 4.90 Å². The van der Waals surface area contributed by atoms with Gasteiger partial charge in [0.05, 0.1) is 5.69 Å². The van der Waals surface area contributed by atoms with Crippen LogP contribution in [0.15, 0.2) is 48.8 Å². The van der Waals surface area contributed by atoms with E-state index >= 15 is 0 Å². The van der Waals surface area contributed by atoms with Crippen LogP contribution in [0.3, 0.4) is 0 Å². The average Bonchev–Trinajstić information content (AvgIpc) is 3.11. The summed E-state index contributed by atoms with van der Waals surface area (Å²) in [5, 5.41) is 8.28. The lowest BCUT2D eigenvalue weighted by atomic mass is 10.1. The summed E-state index contributed by atoms with van der Waals surface area (Å²) < 4.78 is 14.8. The highest BCUT2D eigenvalue weighted by atomic mass is 19.1. The highest BCUT2D eigenvalue weighted by Crippen LogP contribution is 2.25. The van der Waals surface area contributed by atoms with Gasteiger partial charge in [0, 0.05) is 31.5 Å². The van der Waals surface area contributed by atoms with E-state index in [-0.39, 0.29) is 17.4 Å². The molecule has 7 heteroatoms. The van der Waals surface area contributed by atoms with Gasteiger partial charge in [-0.15, -0.1) is 5.10 Å². The number of pyridine rings is 1. The van der Waals surface area contributed by atoms with E-state index in [1.54, 1.807) is 53.3 Å². The maximum atomic E-state index is 13.3. The van der Waals surface area contributed by atoms with Crippen LogP contribution in [0.5, 0.6) is 0 Å². The van der Waals surface area contributed by atoms with E-state index in [1.165, 1.54) is 12.1 Å². The maximum Gasteiger partial charge on any atom is 0.276 e. The molecule has 3 rings (SSSR count). The minimum Gasteiger partial charge on any atom is -0.340 e. The molecule has 0 saturated heterocycles. The zero-order valence-electron chi connectivity index (χ0n) is 14.8. The number of amides is 1. The monoisotopic (exact) mass is 353 g/mol. The molecule has 0 aliphatic heterocycles. The Morgan fingerprint density at radius 2 is 1.85 bits per heavy atom. The van der Waals surface area contributed by atoms with Crippen molar-refractivity contribution in [3.8, 4) is 16.9 Å². The van der Waals surface area contributed by atoms with Gasteiger partial charge >= 0.3 is 0 Å². The number of carbonyl (C=O) groups is 1. The summed E-state index contributed by atoms with van der Waals surface area (Å²) in [6, 6.07) is 9.49. The second-order valence-electron chi connectivity index (χ2n) is 5.99. The van der Waals surface area contributed by atoms with Crippen molar-refractivity contribution in [3.63, 3.8) is 0 Å². The Kier molecular flexibility index (Phi) is 5.36. The molecule has 134 valence electrons. The van der Waals surface area contributed by atoms with Gasteiger partial charge in [-0.2, -0.15) is 0 Å². The number of halogens is 1. The third-order valence-electron chi connectivity index (χ3n) is 4.09. The van der Waals surface area contributed by atoms with Gasteiger partial charge in [-0.25, -0.2) is 9.07 Å². The number of unbranched alkanes of at least 4 members (excludes halogenated alkanes) is 1. The molecular formula is C19H20FN5O. The largest absolute Gasteiger partial charge is 0.340 e. The van der Waals surface area contributed by atoms with Crippen LogP contribution in [0.4, 0.5) is 4.39 Å². The van der Waals surface area contributed by atoms with Crippen molar-refractivity contribution in [2.24, 2.45) is 0 Å². The SMILES string of the molecule is CCCCN(C)C(=O)c1nnn(-c2ccc(F)cc2)c1-c1ccncc1. The number of benzene rings is 1. The molecule has 0 bridgehead atoms. The predicted molar refractivity (Wildman–Crippen MR) is 96.4 cm³/mol. The van der Waals surface area contributed by atoms with Crippen molar-refractivity contribution in [3.05, 3.63) is 60.3 Å². The van der Waals surface area contributed by atoms with Crippen LogP contribution in [0.1, 0.15) is 30.3 Å². The van der Waals surface area contributed by atoms with Crippen molar-refractivity contribution in [1.82, 2.24) is 24.9 Å². The molecule has 26 heavy (non-hydrogen) atoms. The first-order chi connectivity index (χ1) is 12.6. The van der Waals surface area contributed by atoms with Gasteiger partial charge in [0.1, 0.15) is 11.5 Å². The lowest BCUT2D eigenvalue weighted by molar-refractivity contribution is 0.0788. The van der Waals surface area contributed by atoms with Crippen LogP contribution in [-0.2, 0) is 0 Å². The number of hydrogen-bond acceptors (Lipinski definition) is 4. The summed E-state index contributed by atoms with van der Waals surface area (Å²) in [7, 11) is 1.76. The summed E-state index contributed by atoms with van der Waals surface area (Å²) in [4.78, 5) is 18.5. The Morgan fingerprint density at radius 1 is 1.15 bits per heavy atom. The summed E-state index contributed by atoms with van der Waals surface area (Å²) in [5.74, 6) is -0.534. The van der Waals surface area contributed by atoms with Gasteiger partial charge in [-0.3, -0.25) is 9.78 Å². The van der Waals surface area contributed by atoms with E-state index in [9.17, 15) is 9.18 Å². The first-order valence-corrected chi connectivity index (χ1v) is 8.49. The van der Waals surface area contributed by atoms with E-state index in [0.29, 0.717) is 17.9 Å². The Bertz CT molecular complexity index is 877. The summed E-state index contributed by atoms with van der Waals surface area (Å²) in [6.45, 7) is 2.72. The quantitative estimate of drug-likeness (QED) is 0.682. The average molecular weight is 353 g/mol. The highest BCUT2D eigenvalue weighted by Gasteiger charge is 2.24. The predicted octanol–water partition coefficient (Wildman–Crippen LogP) is 3.34. The smallest absolute Gasteiger partial charge is 0.276 e. The molecule has 0 aliphatic rings. The molecule has 0 saturated carbocycles. The summed E-state index contributed by atoms with van der Waals surface area (Å²) in [6.07, 6.45) is 5.20. The molecule has 2 aromatic heterocycles. The highest BCUT2D eigenvalue weighted by molar-refractivity contribution is 5.98. The molecule has 3 aromatic rings. The molecule has 6 nitrogen and oxygen atoms in total. The van der Waals surface area contributed by atoms with E-state index in [1.807, 2.05) is 0 Å². The van der Waals surface area contributed by atoms with Crippen molar-refractivity contribution < 1.29 is 9.18 Å². The lowest BCUT2D eigenvalue weighted by Crippen LogP contribution is -2.28.